The van der Waals surface area contributed by atoms with E-state index in [2.05, 4.69) is 17.4 Å². The molecule has 0 aromatic heterocycles. The highest BCUT2D eigenvalue weighted by Gasteiger charge is 2.12. The topological polar surface area (TPSA) is 21.3 Å². The van der Waals surface area contributed by atoms with Gasteiger partial charge in [0.25, 0.3) is 0 Å². The Morgan fingerprint density at radius 2 is 1.94 bits per heavy atom. The van der Waals surface area contributed by atoms with Crippen LogP contribution in [0.15, 0.2) is 24.3 Å². The Morgan fingerprint density at radius 1 is 1.19 bits per heavy atom. The lowest BCUT2D eigenvalue weighted by Gasteiger charge is -2.23. The number of methoxy groups -OCH3 is 1. The number of rotatable bonds is 4. The average molecular weight is 219 g/mol. The second kappa shape index (κ2) is 5.90. The number of hydrogen-bond donors (Lipinski definition) is 1. The molecule has 2 nitrogen and oxygen atoms in total. The maximum atomic E-state index is 5.35. The third-order valence-corrected chi connectivity index (χ3v) is 3.38. The minimum atomic E-state index is 0.707. The predicted molar refractivity (Wildman–Crippen MR) is 66.7 cm³/mol. The van der Waals surface area contributed by atoms with E-state index in [1.165, 1.54) is 37.7 Å². The molecule has 88 valence electrons. The van der Waals surface area contributed by atoms with Gasteiger partial charge in [-0.05, 0) is 18.9 Å². The molecule has 0 atom stereocenters. The van der Waals surface area contributed by atoms with Crippen molar-refractivity contribution in [2.24, 2.45) is 0 Å². The summed E-state index contributed by atoms with van der Waals surface area (Å²) in [5.41, 5.74) is 1.26. The van der Waals surface area contributed by atoms with Crippen molar-refractivity contribution in [3.63, 3.8) is 0 Å². The van der Waals surface area contributed by atoms with E-state index in [9.17, 15) is 0 Å². The lowest BCUT2D eigenvalue weighted by atomic mass is 9.95. The van der Waals surface area contributed by atoms with Crippen LogP contribution in [-0.4, -0.2) is 13.2 Å². The molecule has 0 spiro atoms. The van der Waals surface area contributed by atoms with Crippen LogP contribution in [-0.2, 0) is 6.54 Å². The van der Waals surface area contributed by atoms with Gasteiger partial charge in [0.1, 0.15) is 5.75 Å². The van der Waals surface area contributed by atoms with Gasteiger partial charge in [0.15, 0.2) is 0 Å². The van der Waals surface area contributed by atoms with E-state index >= 15 is 0 Å². The first-order valence-corrected chi connectivity index (χ1v) is 6.25. The first-order valence-electron chi connectivity index (χ1n) is 6.25. The van der Waals surface area contributed by atoms with E-state index in [1.807, 2.05) is 12.1 Å². The molecule has 0 amide bonds. The highest BCUT2D eigenvalue weighted by molar-refractivity contribution is 5.33. The minimum absolute atomic E-state index is 0.707. The Labute approximate surface area is 98.0 Å². The molecular formula is C14H21NO. The zero-order valence-electron chi connectivity index (χ0n) is 10.0. The second-order valence-corrected chi connectivity index (χ2v) is 4.53. The van der Waals surface area contributed by atoms with Gasteiger partial charge >= 0.3 is 0 Å². The maximum absolute atomic E-state index is 5.35. The fraction of sp³-hybridized carbons (Fsp3) is 0.571. The molecule has 0 unspecified atom stereocenters. The summed E-state index contributed by atoms with van der Waals surface area (Å²) in [6, 6.07) is 8.95. The van der Waals surface area contributed by atoms with Crippen LogP contribution in [0.5, 0.6) is 5.75 Å². The fourth-order valence-electron chi connectivity index (χ4n) is 2.41. The van der Waals surface area contributed by atoms with Crippen LogP contribution in [0, 0.1) is 0 Å². The summed E-state index contributed by atoms with van der Waals surface area (Å²) in [7, 11) is 1.74. The molecule has 1 aromatic carbocycles. The summed E-state index contributed by atoms with van der Waals surface area (Å²) >= 11 is 0. The predicted octanol–water partition coefficient (Wildman–Crippen LogP) is 3.12. The highest BCUT2D eigenvalue weighted by Crippen LogP contribution is 2.20. The van der Waals surface area contributed by atoms with Crippen LogP contribution in [0.3, 0.4) is 0 Å². The lowest BCUT2D eigenvalue weighted by molar-refractivity contribution is 0.365. The van der Waals surface area contributed by atoms with Gasteiger partial charge in [-0.1, -0.05) is 37.5 Å². The number of para-hydroxylation sites is 1. The third kappa shape index (κ3) is 2.99. The van der Waals surface area contributed by atoms with Crippen LogP contribution in [0.2, 0.25) is 0 Å². The lowest BCUT2D eigenvalue weighted by Crippen LogP contribution is -2.30. The van der Waals surface area contributed by atoms with Gasteiger partial charge in [-0.25, -0.2) is 0 Å². The largest absolute Gasteiger partial charge is 0.496 e. The molecule has 2 heteroatoms. The summed E-state index contributed by atoms with van der Waals surface area (Å²) in [5.74, 6) is 0.991. The minimum Gasteiger partial charge on any atom is -0.496 e. The van der Waals surface area contributed by atoms with Gasteiger partial charge in [0, 0.05) is 18.2 Å². The summed E-state index contributed by atoms with van der Waals surface area (Å²) < 4.78 is 5.35. The molecule has 0 radical (unpaired) electrons. The SMILES string of the molecule is COc1ccccc1CNC1CCCCC1. The Balaban J connectivity index is 1.88. The maximum Gasteiger partial charge on any atom is 0.123 e. The van der Waals surface area contributed by atoms with Crippen molar-refractivity contribution in [2.75, 3.05) is 7.11 Å². The first kappa shape index (κ1) is 11.5. The molecule has 0 saturated heterocycles. The highest BCUT2D eigenvalue weighted by atomic mass is 16.5. The first-order chi connectivity index (χ1) is 7.90. The zero-order valence-corrected chi connectivity index (χ0v) is 10.0. The summed E-state index contributed by atoms with van der Waals surface area (Å²) in [6.45, 7) is 0.925. The second-order valence-electron chi connectivity index (χ2n) is 4.53. The van der Waals surface area contributed by atoms with Crippen molar-refractivity contribution in [3.8, 4) is 5.75 Å². The van der Waals surface area contributed by atoms with Gasteiger partial charge in [-0.3, -0.25) is 0 Å². The van der Waals surface area contributed by atoms with Gasteiger partial charge in [-0.15, -0.1) is 0 Å². The van der Waals surface area contributed by atoms with E-state index < -0.39 is 0 Å². The Morgan fingerprint density at radius 3 is 2.69 bits per heavy atom. The van der Waals surface area contributed by atoms with E-state index in [1.54, 1.807) is 7.11 Å². The van der Waals surface area contributed by atoms with Crippen molar-refractivity contribution in [3.05, 3.63) is 29.8 Å². The van der Waals surface area contributed by atoms with Crippen LogP contribution < -0.4 is 10.1 Å². The fourth-order valence-corrected chi connectivity index (χ4v) is 2.41. The van der Waals surface area contributed by atoms with Gasteiger partial charge < -0.3 is 10.1 Å². The standard InChI is InChI=1S/C14H21NO/c1-16-14-10-6-5-7-12(14)11-15-13-8-3-2-4-9-13/h5-7,10,13,15H,2-4,8-9,11H2,1H3. The number of nitrogens with one attached hydrogen (secondary N) is 1. The van der Waals surface area contributed by atoms with E-state index in [0.29, 0.717) is 6.04 Å². The van der Waals surface area contributed by atoms with Crippen molar-refractivity contribution in [1.82, 2.24) is 5.32 Å². The normalized spacial score (nSPS) is 17.3. The number of ether oxygens (including phenoxy) is 1. The van der Waals surface area contributed by atoms with Crippen LogP contribution in [0.1, 0.15) is 37.7 Å². The van der Waals surface area contributed by atoms with Crippen LogP contribution in [0.4, 0.5) is 0 Å². The molecule has 0 heterocycles. The molecule has 16 heavy (non-hydrogen) atoms. The monoisotopic (exact) mass is 219 g/mol. The molecule has 1 N–H and O–H groups in total. The molecule has 1 aliphatic carbocycles. The third-order valence-electron chi connectivity index (χ3n) is 3.38. The van der Waals surface area contributed by atoms with Crippen molar-refractivity contribution >= 4 is 0 Å². The van der Waals surface area contributed by atoms with E-state index in [4.69, 9.17) is 4.74 Å². The molecule has 1 saturated carbocycles. The Kier molecular flexibility index (Phi) is 4.23. The molecule has 1 fully saturated rings. The summed E-state index contributed by atoms with van der Waals surface area (Å²) in [4.78, 5) is 0. The van der Waals surface area contributed by atoms with Gasteiger partial charge in [0.05, 0.1) is 7.11 Å². The van der Waals surface area contributed by atoms with Crippen molar-refractivity contribution in [2.45, 2.75) is 44.7 Å². The molecule has 2 rings (SSSR count). The van der Waals surface area contributed by atoms with E-state index in [-0.39, 0.29) is 0 Å². The Hall–Kier alpha value is -1.02. The van der Waals surface area contributed by atoms with E-state index in [0.717, 1.165) is 12.3 Å². The molecule has 0 aliphatic heterocycles. The summed E-state index contributed by atoms with van der Waals surface area (Å²) in [5, 5.41) is 3.63. The van der Waals surface area contributed by atoms with Crippen molar-refractivity contribution in [1.29, 1.82) is 0 Å². The summed E-state index contributed by atoms with van der Waals surface area (Å²) in [6.07, 6.45) is 6.82. The van der Waals surface area contributed by atoms with Crippen LogP contribution >= 0.6 is 0 Å². The van der Waals surface area contributed by atoms with Crippen molar-refractivity contribution < 1.29 is 4.74 Å². The number of hydrogen-bond acceptors (Lipinski definition) is 2. The molecule has 1 aromatic rings. The molecule has 0 bridgehead atoms. The van der Waals surface area contributed by atoms with Gasteiger partial charge in [-0.2, -0.15) is 0 Å². The number of benzene rings is 1. The van der Waals surface area contributed by atoms with Gasteiger partial charge in [0.2, 0.25) is 0 Å². The zero-order chi connectivity index (χ0) is 11.2. The Bertz CT molecular complexity index is 318. The average Bonchev–Trinajstić information content (AvgIpc) is 2.38. The quantitative estimate of drug-likeness (QED) is 0.840. The smallest absolute Gasteiger partial charge is 0.123 e. The molecule has 1 aliphatic rings. The molecular weight excluding hydrogens is 198 g/mol. The van der Waals surface area contributed by atoms with Crippen LogP contribution in [0.25, 0.3) is 0 Å².